The molecule has 3 aliphatic rings. The smallest absolute Gasteiger partial charge is 0.239 e. The summed E-state index contributed by atoms with van der Waals surface area (Å²) in [6.07, 6.45) is 10.8. The number of nitrogens with one attached hydrogen (secondary N) is 1. The maximum Gasteiger partial charge on any atom is 0.239 e. The lowest BCUT2D eigenvalue weighted by Crippen LogP contribution is -2.54. The Morgan fingerprint density at radius 3 is 2.68 bits per heavy atom. The number of rotatable bonds is 6. The van der Waals surface area contributed by atoms with Crippen LogP contribution in [0.5, 0.6) is 0 Å². The Labute approximate surface area is 175 Å². The number of carbonyl (C=O) groups excluding carboxylic acids is 1. The highest BCUT2D eigenvalue weighted by Crippen LogP contribution is 2.42. The van der Waals surface area contributed by atoms with Crippen LogP contribution in [0.2, 0.25) is 0 Å². The molecule has 0 spiro atoms. The van der Waals surface area contributed by atoms with Crippen molar-refractivity contribution in [3.05, 3.63) is 22.8 Å². The topological polar surface area (TPSA) is 52.6 Å². The highest BCUT2D eigenvalue weighted by atomic mass is 35.5. The number of piperidine rings is 1. The molecule has 3 rings (SSSR count). The molecule has 4 atom stereocenters. The minimum Gasteiger partial charge on any atom is -0.393 e. The van der Waals surface area contributed by atoms with Crippen molar-refractivity contribution in [2.45, 2.75) is 77.9 Å². The molecule has 2 fully saturated rings. The molecule has 0 aromatic heterocycles. The number of carbonyl (C=O) groups is 1. The van der Waals surface area contributed by atoms with Crippen molar-refractivity contribution < 1.29 is 9.90 Å². The van der Waals surface area contributed by atoms with Crippen LogP contribution in [0.1, 0.15) is 65.7 Å². The Morgan fingerprint density at radius 2 is 2.11 bits per heavy atom. The third-order valence-electron chi connectivity index (χ3n) is 6.99. The minimum atomic E-state index is -0.152. The minimum absolute atomic E-state index is 0.0747. The summed E-state index contributed by atoms with van der Waals surface area (Å²) in [6, 6.07) is -0.110. The average molecular weight is 409 g/mol. The first-order valence-corrected chi connectivity index (χ1v) is 11.4. The predicted molar refractivity (Wildman–Crippen MR) is 115 cm³/mol. The number of nitrogens with zero attached hydrogens (tertiary/aromatic N) is 1. The van der Waals surface area contributed by atoms with E-state index in [2.05, 4.69) is 37.1 Å². The number of aliphatic hydroxyl groups is 1. The Balaban J connectivity index is 1.57. The Bertz CT molecular complexity index is 628. The van der Waals surface area contributed by atoms with Crippen molar-refractivity contribution in [2.75, 3.05) is 19.6 Å². The van der Waals surface area contributed by atoms with E-state index >= 15 is 0 Å². The molecule has 1 amide bonds. The van der Waals surface area contributed by atoms with Gasteiger partial charge in [0.15, 0.2) is 0 Å². The number of halogens is 1. The van der Waals surface area contributed by atoms with E-state index in [1.54, 1.807) is 0 Å². The van der Waals surface area contributed by atoms with Gasteiger partial charge in [-0.1, -0.05) is 44.0 Å². The molecule has 1 saturated carbocycles. The van der Waals surface area contributed by atoms with Gasteiger partial charge < -0.3 is 15.3 Å². The monoisotopic (exact) mass is 408 g/mol. The summed E-state index contributed by atoms with van der Waals surface area (Å²) >= 11 is 6.13. The van der Waals surface area contributed by atoms with Gasteiger partial charge in [0, 0.05) is 18.1 Å². The van der Waals surface area contributed by atoms with Crippen LogP contribution in [-0.4, -0.2) is 47.7 Å². The summed E-state index contributed by atoms with van der Waals surface area (Å²) in [4.78, 5) is 15.3. The molecular formula is C23H37ClN2O2. The molecule has 1 unspecified atom stereocenters. The van der Waals surface area contributed by atoms with Crippen LogP contribution in [0.3, 0.4) is 0 Å². The summed E-state index contributed by atoms with van der Waals surface area (Å²) in [5, 5.41) is 14.2. The maximum atomic E-state index is 13.2. The lowest BCUT2D eigenvalue weighted by molar-refractivity contribution is -0.137. The number of hydrogen-bond donors (Lipinski definition) is 2. The summed E-state index contributed by atoms with van der Waals surface area (Å²) < 4.78 is 0. The third-order valence-corrected chi connectivity index (χ3v) is 7.31. The van der Waals surface area contributed by atoms with E-state index in [0.29, 0.717) is 11.8 Å². The second-order valence-corrected chi connectivity index (χ2v) is 10.1. The highest BCUT2D eigenvalue weighted by Gasteiger charge is 2.40. The second kappa shape index (κ2) is 9.32. The van der Waals surface area contributed by atoms with E-state index in [1.165, 1.54) is 5.57 Å². The molecule has 28 heavy (non-hydrogen) atoms. The van der Waals surface area contributed by atoms with E-state index in [0.717, 1.165) is 69.6 Å². The van der Waals surface area contributed by atoms with Gasteiger partial charge in [-0.25, -0.2) is 0 Å². The zero-order valence-corrected chi connectivity index (χ0v) is 18.5. The number of amides is 1. The normalized spacial score (nSPS) is 31.3. The fraction of sp³-hybridized carbons (Fsp3) is 0.783. The second-order valence-electron chi connectivity index (χ2n) is 9.65. The van der Waals surface area contributed by atoms with E-state index in [4.69, 9.17) is 11.6 Å². The Hall–Kier alpha value is -0.840. The van der Waals surface area contributed by atoms with Gasteiger partial charge in [-0.2, -0.15) is 0 Å². The fourth-order valence-corrected chi connectivity index (χ4v) is 5.48. The number of aliphatic hydroxyl groups excluding tert-OH is 1. The van der Waals surface area contributed by atoms with Crippen molar-refractivity contribution in [3.8, 4) is 0 Å². The summed E-state index contributed by atoms with van der Waals surface area (Å²) in [5.74, 6) is 1.26. The zero-order chi connectivity index (χ0) is 20.3. The van der Waals surface area contributed by atoms with Crippen molar-refractivity contribution in [3.63, 3.8) is 0 Å². The zero-order valence-electron chi connectivity index (χ0n) is 17.7. The van der Waals surface area contributed by atoms with E-state index in [-0.39, 0.29) is 23.5 Å². The molecule has 1 saturated heterocycles. The van der Waals surface area contributed by atoms with Crippen molar-refractivity contribution >= 4 is 17.5 Å². The van der Waals surface area contributed by atoms with Gasteiger partial charge in [0.25, 0.3) is 0 Å². The lowest BCUT2D eigenvalue weighted by Gasteiger charge is -2.46. The quantitative estimate of drug-likeness (QED) is 0.691. The van der Waals surface area contributed by atoms with Crippen LogP contribution in [0, 0.1) is 17.3 Å². The molecule has 1 aliphatic heterocycles. The number of likely N-dealkylation sites (tertiary alicyclic amines) is 1. The molecule has 0 aromatic rings. The summed E-state index contributed by atoms with van der Waals surface area (Å²) in [5.41, 5.74) is 1.57. The van der Waals surface area contributed by atoms with Gasteiger partial charge in [0.1, 0.15) is 0 Å². The van der Waals surface area contributed by atoms with E-state index in [1.807, 2.05) is 6.08 Å². The van der Waals surface area contributed by atoms with Crippen LogP contribution < -0.4 is 5.32 Å². The van der Waals surface area contributed by atoms with Gasteiger partial charge in [-0.15, -0.1) is 0 Å². The SMILES string of the molecule is CC[C@@H](NC[C@@H]1CC[C@H](O)C1)C(=O)N1CCC(C2=CC=C(Cl)CC2)C(C)(C)C1. The van der Waals surface area contributed by atoms with Crippen molar-refractivity contribution in [1.82, 2.24) is 10.2 Å². The first kappa shape index (κ1) is 21.9. The standard InChI is InChI=1S/C23H37ClN2O2/c1-4-21(25-14-16-5-10-19(27)13-16)22(28)26-12-11-20(23(2,3)15-26)17-6-8-18(24)9-7-17/h6,8,16,19-21,25,27H,4-5,7,9-15H2,1-3H3/t16-,19+,20?,21-/m1/s1. The van der Waals surface area contributed by atoms with E-state index < -0.39 is 0 Å². The van der Waals surface area contributed by atoms with Gasteiger partial charge in [0.2, 0.25) is 5.91 Å². The van der Waals surface area contributed by atoms with Crippen LogP contribution in [0.15, 0.2) is 22.8 Å². The average Bonchev–Trinajstić information content (AvgIpc) is 3.07. The lowest BCUT2D eigenvalue weighted by atomic mass is 9.68. The van der Waals surface area contributed by atoms with Gasteiger partial charge in [-0.3, -0.25) is 4.79 Å². The summed E-state index contributed by atoms with van der Waals surface area (Å²) in [7, 11) is 0. The van der Waals surface area contributed by atoms with E-state index in [9.17, 15) is 9.90 Å². The van der Waals surface area contributed by atoms with Crippen LogP contribution in [0.4, 0.5) is 0 Å². The van der Waals surface area contributed by atoms with Gasteiger partial charge in [0.05, 0.1) is 12.1 Å². The number of hydrogen-bond acceptors (Lipinski definition) is 3. The first-order chi connectivity index (χ1) is 13.3. The highest BCUT2D eigenvalue weighted by molar-refractivity contribution is 6.29. The van der Waals surface area contributed by atoms with Crippen molar-refractivity contribution in [1.29, 1.82) is 0 Å². The predicted octanol–water partition coefficient (Wildman–Crippen LogP) is 4.23. The van der Waals surface area contributed by atoms with Crippen LogP contribution in [0.25, 0.3) is 0 Å². The first-order valence-electron chi connectivity index (χ1n) is 11.1. The summed E-state index contributed by atoms with van der Waals surface area (Å²) in [6.45, 7) is 9.16. The molecule has 4 nitrogen and oxygen atoms in total. The van der Waals surface area contributed by atoms with Crippen LogP contribution in [-0.2, 0) is 4.79 Å². The molecule has 0 radical (unpaired) electrons. The Morgan fingerprint density at radius 1 is 1.32 bits per heavy atom. The fourth-order valence-electron chi connectivity index (χ4n) is 5.32. The third kappa shape index (κ3) is 5.20. The largest absolute Gasteiger partial charge is 0.393 e. The molecule has 2 aliphatic carbocycles. The molecule has 5 heteroatoms. The van der Waals surface area contributed by atoms with Gasteiger partial charge in [-0.05, 0) is 74.8 Å². The molecule has 2 N–H and O–H groups in total. The molecular weight excluding hydrogens is 372 g/mol. The number of allylic oxidation sites excluding steroid dienone is 4. The Kier molecular flexibility index (Phi) is 7.27. The molecule has 0 bridgehead atoms. The molecule has 158 valence electrons. The van der Waals surface area contributed by atoms with Crippen LogP contribution >= 0.6 is 11.6 Å². The van der Waals surface area contributed by atoms with Gasteiger partial charge >= 0.3 is 0 Å². The van der Waals surface area contributed by atoms with Crippen molar-refractivity contribution in [2.24, 2.45) is 17.3 Å². The molecule has 1 heterocycles. The molecule has 0 aromatic carbocycles. The maximum absolute atomic E-state index is 13.2.